The lowest BCUT2D eigenvalue weighted by atomic mass is 9.88. The molecular weight excluding hydrogens is 378 g/mol. The molecule has 6 nitrogen and oxygen atoms in total. The van der Waals surface area contributed by atoms with Crippen molar-refractivity contribution in [1.82, 2.24) is 5.32 Å². The van der Waals surface area contributed by atoms with Gasteiger partial charge in [-0.2, -0.15) is 0 Å². The molecule has 1 fully saturated rings. The zero-order valence-electron chi connectivity index (χ0n) is 17.4. The van der Waals surface area contributed by atoms with E-state index in [-0.39, 0.29) is 24.5 Å². The molecule has 0 radical (unpaired) electrons. The molecule has 2 aliphatic rings. The summed E-state index contributed by atoms with van der Waals surface area (Å²) in [6.07, 6.45) is 5.41. The average molecular weight is 408 g/mol. The van der Waals surface area contributed by atoms with Gasteiger partial charge in [-0.25, -0.2) is 4.79 Å². The summed E-state index contributed by atoms with van der Waals surface area (Å²) in [5.74, 6) is -0.429. The highest BCUT2D eigenvalue weighted by Crippen LogP contribution is 2.31. The van der Waals surface area contributed by atoms with E-state index >= 15 is 0 Å². The number of anilines is 2. The lowest BCUT2D eigenvalue weighted by molar-refractivity contribution is -0.120. The number of carbonyl (C=O) groups excluding carboxylic acids is 2. The number of amides is 1. The molecule has 2 N–H and O–H groups in total. The van der Waals surface area contributed by atoms with Crippen molar-refractivity contribution in [3.8, 4) is 0 Å². The molecular formula is C24H29N3O3. The maximum Gasteiger partial charge on any atom is 0.337 e. The maximum atomic E-state index is 12.7. The Morgan fingerprint density at radius 2 is 1.90 bits per heavy atom. The molecule has 1 aliphatic carbocycles. The average Bonchev–Trinajstić information content (AvgIpc) is 3.32. The van der Waals surface area contributed by atoms with Crippen LogP contribution in [-0.2, 0) is 16.0 Å². The van der Waals surface area contributed by atoms with Gasteiger partial charge in [0.15, 0.2) is 0 Å². The summed E-state index contributed by atoms with van der Waals surface area (Å²) in [7, 11) is 1.37. The van der Waals surface area contributed by atoms with Crippen molar-refractivity contribution in [2.75, 3.05) is 37.0 Å². The van der Waals surface area contributed by atoms with Crippen LogP contribution in [-0.4, -0.2) is 38.6 Å². The molecule has 6 heteroatoms. The SMILES string of the molecule is COC(=O)c1ccc(N2CCCC2)c(NCC(=O)NC2CCCc3ccccc32)c1. The first-order chi connectivity index (χ1) is 14.7. The van der Waals surface area contributed by atoms with Crippen molar-refractivity contribution in [2.45, 2.75) is 38.1 Å². The number of aryl methyl sites for hydroxylation is 1. The second-order valence-electron chi connectivity index (χ2n) is 7.98. The fourth-order valence-electron chi connectivity index (χ4n) is 4.48. The van der Waals surface area contributed by atoms with Crippen LogP contribution in [0.1, 0.15) is 53.2 Å². The zero-order valence-corrected chi connectivity index (χ0v) is 17.4. The van der Waals surface area contributed by atoms with E-state index in [9.17, 15) is 9.59 Å². The number of hydrogen-bond donors (Lipinski definition) is 2. The van der Waals surface area contributed by atoms with Crippen molar-refractivity contribution in [1.29, 1.82) is 0 Å². The number of hydrogen-bond acceptors (Lipinski definition) is 5. The number of nitrogens with one attached hydrogen (secondary N) is 2. The van der Waals surface area contributed by atoms with Gasteiger partial charge in [-0.3, -0.25) is 4.79 Å². The van der Waals surface area contributed by atoms with Crippen molar-refractivity contribution >= 4 is 23.3 Å². The minimum Gasteiger partial charge on any atom is -0.465 e. The van der Waals surface area contributed by atoms with Gasteiger partial charge in [0.1, 0.15) is 0 Å². The molecule has 0 spiro atoms. The number of nitrogens with zero attached hydrogens (tertiary/aromatic N) is 1. The molecule has 0 bridgehead atoms. The zero-order chi connectivity index (χ0) is 20.9. The molecule has 1 saturated heterocycles. The minimum atomic E-state index is -0.380. The van der Waals surface area contributed by atoms with E-state index in [1.54, 1.807) is 12.1 Å². The molecule has 1 atom stereocenters. The fraction of sp³-hybridized carbons (Fsp3) is 0.417. The van der Waals surface area contributed by atoms with Crippen molar-refractivity contribution in [3.63, 3.8) is 0 Å². The smallest absolute Gasteiger partial charge is 0.337 e. The number of esters is 1. The van der Waals surface area contributed by atoms with Gasteiger partial charge in [-0.15, -0.1) is 0 Å². The first-order valence-electron chi connectivity index (χ1n) is 10.7. The molecule has 0 aromatic heterocycles. The molecule has 1 amide bonds. The van der Waals surface area contributed by atoms with E-state index in [1.165, 1.54) is 18.2 Å². The lowest BCUT2D eigenvalue weighted by Gasteiger charge is -2.27. The predicted molar refractivity (Wildman–Crippen MR) is 118 cm³/mol. The van der Waals surface area contributed by atoms with Gasteiger partial charge in [0, 0.05) is 13.1 Å². The molecule has 30 heavy (non-hydrogen) atoms. The highest BCUT2D eigenvalue weighted by Gasteiger charge is 2.22. The van der Waals surface area contributed by atoms with E-state index in [0.29, 0.717) is 5.56 Å². The summed E-state index contributed by atoms with van der Waals surface area (Å²) in [4.78, 5) is 27.0. The molecule has 158 valence electrons. The number of fused-ring (bicyclic) bond motifs is 1. The van der Waals surface area contributed by atoms with E-state index in [4.69, 9.17) is 4.74 Å². The largest absolute Gasteiger partial charge is 0.465 e. The molecule has 0 saturated carbocycles. The van der Waals surface area contributed by atoms with Gasteiger partial charge in [-0.05, 0) is 61.4 Å². The van der Waals surface area contributed by atoms with Crippen LogP contribution < -0.4 is 15.5 Å². The summed E-state index contributed by atoms with van der Waals surface area (Å²) >= 11 is 0. The van der Waals surface area contributed by atoms with Crippen LogP contribution in [0, 0.1) is 0 Å². The van der Waals surface area contributed by atoms with Gasteiger partial charge in [0.05, 0.1) is 36.6 Å². The number of rotatable bonds is 6. The standard InChI is InChI=1S/C24H29N3O3/c1-30-24(29)18-11-12-22(27-13-4-5-14-27)21(15-18)25-16-23(28)26-20-10-6-8-17-7-2-3-9-19(17)20/h2-3,7,9,11-12,15,20,25H,4-6,8,10,13-14,16H2,1H3,(H,26,28). The van der Waals surface area contributed by atoms with E-state index in [0.717, 1.165) is 56.6 Å². The Morgan fingerprint density at radius 3 is 2.70 bits per heavy atom. The normalized spacial score (nSPS) is 17.9. The quantitative estimate of drug-likeness (QED) is 0.715. The summed E-state index contributed by atoms with van der Waals surface area (Å²) in [5.41, 5.74) is 4.84. The van der Waals surface area contributed by atoms with E-state index in [1.807, 2.05) is 12.1 Å². The van der Waals surface area contributed by atoms with Crippen molar-refractivity contribution < 1.29 is 14.3 Å². The van der Waals surface area contributed by atoms with E-state index < -0.39 is 0 Å². The molecule has 1 unspecified atom stereocenters. The summed E-state index contributed by atoms with van der Waals surface area (Å²) < 4.78 is 4.86. The maximum absolute atomic E-state index is 12.7. The predicted octanol–water partition coefficient (Wildman–Crippen LogP) is 3.68. The third-order valence-electron chi connectivity index (χ3n) is 6.01. The Hall–Kier alpha value is -3.02. The summed E-state index contributed by atoms with van der Waals surface area (Å²) in [6.45, 7) is 2.12. The Morgan fingerprint density at radius 1 is 1.10 bits per heavy atom. The van der Waals surface area contributed by atoms with Gasteiger partial charge in [0.25, 0.3) is 0 Å². The number of methoxy groups -OCH3 is 1. The second kappa shape index (κ2) is 9.20. The third-order valence-corrected chi connectivity index (χ3v) is 6.01. The number of benzene rings is 2. The van der Waals surface area contributed by atoms with Crippen LogP contribution in [0.25, 0.3) is 0 Å². The van der Waals surface area contributed by atoms with Gasteiger partial charge in [-0.1, -0.05) is 24.3 Å². The Balaban J connectivity index is 1.46. The molecule has 2 aromatic rings. The highest BCUT2D eigenvalue weighted by atomic mass is 16.5. The topological polar surface area (TPSA) is 70.7 Å². The molecule has 1 aliphatic heterocycles. The molecule has 2 aromatic carbocycles. The van der Waals surface area contributed by atoms with Crippen molar-refractivity contribution in [2.24, 2.45) is 0 Å². The van der Waals surface area contributed by atoms with Crippen LogP contribution >= 0.6 is 0 Å². The first-order valence-corrected chi connectivity index (χ1v) is 10.7. The minimum absolute atomic E-state index is 0.0486. The second-order valence-corrected chi connectivity index (χ2v) is 7.98. The van der Waals surface area contributed by atoms with Crippen molar-refractivity contribution in [3.05, 3.63) is 59.2 Å². The van der Waals surface area contributed by atoms with Gasteiger partial charge < -0.3 is 20.3 Å². The molecule has 1 heterocycles. The van der Waals surface area contributed by atoms with Crippen LogP contribution in [0.4, 0.5) is 11.4 Å². The number of ether oxygens (including phenoxy) is 1. The number of carbonyl (C=O) groups is 2. The summed E-state index contributed by atoms with van der Waals surface area (Å²) in [5, 5.41) is 6.44. The summed E-state index contributed by atoms with van der Waals surface area (Å²) in [6, 6.07) is 13.9. The Labute approximate surface area is 177 Å². The van der Waals surface area contributed by atoms with Crippen LogP contribution in [0.15, 0.2) is 42.5 Å². The van der Waals surface area contributed by atoms with Crippen LogP contribution in [0.2, 0.25) is 0 Å². The van der Waals surface area contributed by atoms with Crippen LogP contribution in [0.3, 0.4) is 0 Å². The third kappa shape index (κ3) is 4.42. The Bertz CT molecular complexity index is 922. The first kappa shape index (κ1) is 20.3. The van der Waals surface area contributed by atoms with Gasteiger partial charge >= 0.3 is 5.97 Å². The van der Waals surface area contributed by atoms with Gasteiger partial charge in [0.2, 0.25) is 5.91 Å². The monoisotopic (exact) mass is 407 g/mol. The van der Waals surface area contributed by atoms with Crippen LogP contribution in [0.5, 0.6) is 0 Å². The highest BCUT2D eigenvalue weighted by molar-refractivity contribution is 5.93. The fourth-order valence-corrected chi connectivity index (χ4v) is 4.48. The lowest BCUT2D eigenvalue weighted by Crippen LogP contribution is -2.35. The Kier molecular flexibility index (Phi) is 6.21. The molecule has 4 rings (SSSR count). The van der Waals surface area contributed by atoms with E-state index in [2.05, 4.69) is 33.7 Å².